The first-order valence-electron chi connectivity index (χ1n) is 8.13. The molecule has 26 heavy (non-hydrogen) atoms. The lowest BCUT2D eigenvalue weighted by Gasteiger charge is -2.05. The van der Waals surface area contributed by atoms with Gasteiger partial charge in [-0.15, -0.1) is 11.3 Å². The van der Waals surface area contributed by atoms with E-state index in [1.165, 1.54) is 4.88 Å². The van der Waals surface area contributed by atoms with Crippen LogP contribution < -0.4 is 10.2 Å². The molecule has 0 saturated carbocycles. The molecule has 6 heteroatoms. The Bertz CT molecular complexity index is 926. The molecule has 1 aromatic heterocycles. The summed E-state index contributed by atoms with van der Waals surface area (Å²) in [6, 6.07) is 14.5. The zero-order chi connectivity index (χ0) is 18.5. The second kappa shape index (κ2) is 7.93. The average Bonchev–Trinajstić information content (AvgIpc) is 2.94. The lowest BCUT2D eigenvalue weighted by atomic mass is 10.1. The van der Waals surface area contributed by atoms with Gasteiger partial charge in [0.25, 0.3) is 0 Å². The molecule has 0 radical (unpaired) electrons. The highest BCUT2D eigenvalue weighted by Gasteiger charge is 2.08. The monoisotopic (exact) mass is 365 g/mol. The van der Waals surface area contributed by atoms with E-state index < -0.39 is 0 Å². The minimum Gasteiger partial charge on any atom is -0.423 e. The molecule has 0 aliphatic heterocycles. The number of benzene rings is 2. The SMILES string of the molecule is Cc1cccc(C(=O)Oc2ccc(/C=N/Nc3nc(C)c(C)s3)cc2)c1. The molecule has 0 fully saturated rings. The van der Waals surface area contributed by atoms with Gasteiger partial charge in [0.1, 0.15) is 5.75 Å². The molecule has 0 aliphatic carbocycles. The van der Waals surface area contributed by atoms with Crippen LogP contribution in [0.1, 0.15) is 32.1 Å². The smallest absolute Gasteiger partial charge is 0.343 e. The van der Waals surface area contributed by atoms with E-state index in [2.05, 4.69) is 15.5 Å². The van der Waals surface area contributed by atoms with Gasteiger partial charge >= 0.3 is 5.97 Å². The molecule has 0 atom stereocenters. The van der Waals surface area contributed by atoms with Crippen molar-refractivity contribution < 1.29 is 9.53 Å². The molecule has 3 rings (SSSR count). The third-order valence-corrected chi connectivity index (χ3v) is 4.72. The Morgan fingerprint density at radius 3 is 2.58 bits per heavy atom. The molecule has 0 spiro atoms. The zero-order valence-electron chi connectivity index (χ0n) is 14.8. The Morgan fingerprint density at radius 2 is 1.92 bits per heavy atom. The first kappa shape index (κ1) is 17.8. The number of esters is 1. The van der Waals surface area contributed by atoms with Crippen molar-refractivity contribution in [3.63, 3.8) is 0 Å². The quantitative estimate of drug-likeness (QED) is 0.307. The Morgan fingerprint density at radius 1 is 1.15 bits per heavy atom. The first-order valence-corrected chi connectivity index (χ1v) is 8.95. The van der Waals surface area contributed by atoms with Gasteiger partial charge < -0.3 is 4.74 Å². The van der Waals surface area contributed by atoms with E-state index in [0.717, 1.165) is 22.0 Å². The van der Waals surface area contributed by atoms with E-state index in [-0.39, 0.29) is 5.97 Å². The van der Waals surface area contributed by atoms with Crippen LogP contribution in [0.15, 0.2) is 53.6 Å². The van der Waals surface area contributed by atoms with Gasteiger partial charge in [0, 0.05) is 4.88 Å². The van der Waals surface area contributed by atoms with E-state index in [1.54, 1.807) is 41.8 Å². The second-order valence-electron chi connectivity index (χ2n) is 5.86. The third-order valence-electron chi connectivity index (χ3n) is 3.75. The number of rotatable bonds is 5. The maximum atomic E-state index is 12.1. The number of hydrogen-bond donors (Lipinski definition) is 1. The highest BCUT2D eigenvalue weighted by molar-refractivity contribution is 7.15. The van der Waals surface area contributed by atoms with Gasteiger partial charge in [-0.2, -0.15) is 5.10 Å². The number of aryl methyl sites for hydroxylation is 3. The number of ether oxygens (including phenoxy) is 1. The van der Waals surface area contributed by atoms with Gasteiger partial charge in [0.05, 0.1) is 17.5 Å². The molecular formula is C20H19N3O2S. The zero-order valence-corrected chi connectivity index (χ0v) is 15.6. The summed E-state index contributed by atoms with van der Waals surface area (Å²) in [5, 5.41) is 4.94. The second-order valence-corrected chi connectivity index (χ2v) is 7.06. The lowest BCUT2D eigenvalue weighted by molar-refractivity contribution is 0.0734. The van der Waals surface area contributed by atoms with Gasteiger partial charge in [-0.1, -0.05) is 17.7 Å². The number of carbonyl (C=O) groups is 1. The fourth-order valence-corrected chi connectivity index (χ4v) is 3.01. The average molecular weight is 365 g/mol. The number of nitrogens with zero attached hydrogens (tertiary/aromatic N) is 2. The number of anilines is 1. The van der Waals surface area contributed by atoms with Crippen LogP contribution in [0.5, 0.6) is 5.75 Å². The molecule has 0 amide bonds. The standard InChI is InChI=1S/C20H19N3O2S/c1-13-5-4-6-17(11-13)19(24)25-18-9-7-16(8-10-18)12-21-23-20-22-14(2)15(3)26-20/h4-12H,1-3H3,(H,22,23)/b21-12+. The van der Waals surface area contributed by atoms with Crippen molar-refractivity contribution in [2.24, 2.45) is 5.10 Å². The summed E-state index contributed by atoms with van der Waals surface area (Å²) in [4.78, 5) is 17.7. The van der Waals surface area contributed by atoms with Crippen molar-refractivity contribution in [2.45, 2.75) is 20.8 Å². The number of carbonyl (C=O) groups excluding carboxylic acids is 1. The molecule has 0 saturated heterocycles. The van der Waals surface area contributed by atoms with E-state index >= 15 is 0 Å². The van der Waals surface area contributed by atoms with Crippen LogP contribution in [0.3, 0.4) is 0 Å². The molecule has 1 N–H and O–H groups in total. The summed E-state index contributed by atoms with van der Waals surface area (Å²) in [6.07, 6.45) is 1.69. The molecule has 0 unspecified atom stereocenters. The van der Waals surface area contributed by atoms with Gasteiger partial charge in [-0.05, 0) is 62.7 Å². The van der Waals surface area contributed by atoms with E-state index in [1.807, 2.05) is 45.0 Å². The summed E-state index contributed by atoms with van der Waals surface area (Å²) in [5.74, 6) is 0.124. The van der Waals surface area contributed by atoms with Crippen LogP contribution in [0.25, 0.3) is 0 Å². The third kappa shape index (κ3) is 4.55. The fraction of sp³-hybridized carbons (Fsp3) is 0.150. The normalized spacial score (nSPS) is 10.9. The Labute approximate surface area is 156 Å². The van der Waals surface area contributed by atoms with Crippen LogP contribution in [-0.2, 0) is 0 Å². The van der Waals surface area contributed by atoms with Crippen molar-refractivity contribution in [3.05, 3.63) is 75.8 Å². The first-order chi connectivity index (χ1) is 12.5. The number of nitrogens with one attached hydrogen (secondary N) is 1. The van der Waals surface area contributed by atoms with Crippen LogP contribution in [0.4, 0.5) is 5.13 Å². The highest BCUT2D eigenvalue weighted by atomic mass is 32.1. The minimum absolute atomic E-state index is 0.369. The minimum atomic E-state index is -0.369. The number of thiazole rings is 1. The summed E-state index contributed by atoms with van der Waals surface area (Å²) in [7, 11) is 0. The van der Waals surface area contributed by atoms with E-state index in [0.29, 0.717) is 11.3 Å². The number of aromatic nitrogens is 1. The molecular weight excluding hydrogens is 346 g/mol. The lowest BCUT2D eigenvalue weighted by Crippen LogP contribution is -2.08. The molecule has 3 aromatic rings. The van der Waals surface area contributed by atoms with Gasteiger partial charge in [0.15, 0.2) is 0 Å². The molecule has 1 heterocycles. The predicted octanol–water partition coefficient (Wildman–Crippen LogP) is 4.73. The van der Waals surface area contributed by atoms with Crippen LogP contribution >= 0.6 is 11.3 Å². The van der Waals surface area contributed by atoms with Gasteiger partial charge in [-0.3, -0.25) is 5.43 Å². The molecule has 0 aliphatic rings. The van der Waals surface area contributed by atoms with Gasteiger partial charge in [0.2, 0.25) is 5.13 Å². The van der Waals surface area contributed by atoms with Crippen molar-refractivity contribution in [3.8, 4) is 5.75 Å². The summed E-state index contributed by atoms with van der Waals surface area (Å²) in [6.45, 7) is 5.93. The van der Waals surface area contributed by atoms with E-state index in [9.17, 15) is 4.79 Å². The maximum Gasteiger partial charge on any atom is 0.343 e. The molecule has 0 bridgehead atoms. The Kier molecular flexibility index (Phi) is 5.43. The largest absolute Gasteiger partial charge is 0.423 e. The summed E-state index contributed by atoms with van der Waals surface area (Å²) < 4.78 is 5.39. The summed E-state index contributed by atoms with van der Waals surface area (Å²) in [5.41, 5.74) is 6.37. The van der Waals surface area contributed by atoms with Crippen molar-refractivity contribution in [1.29, 1.82) is 0 Å². The van der Waals surface area contributed by atoms with Crippen LogP contribution in [0.2, 0.25) is 0 Å². The molecule has 2 aromatic carbocycles. The van der Waals surface area contributed by atoms with Crippen LogP contribution in [0, 0.1) is 20.8 Å². The highest BCUT2D eigenvalue weighted by Crippen LogP contribution is 2.21. The van der Waals surface area contributed by atoms with Crippen LogP contribution in [-0.4, -0.2) is 17.2 Å². The molecule has 5 nitrogen and oxygen atoms in total. The molecule has 132 valence electrons. The Hall–Kier alpha value is -2.99. The predicted molar refractivity (Wildman–Crippen MR) is 105 cm³/mol. The Balaban J connectivity index is 1.59. The fourth-order valence-electron chi connectivity index (χ4n) is 2.24. The maximum absolute atomic E-state index is 12.1. The van der Waals surface area contributed by atoms with E-state index in [4.69, 9.17) is 4.74 Å². The van der Waals surface area contributed by atoms with Gasteiger partial charge in [-0.25, -0.2) is 9.78 Å². The van der Waals surface area contributed by atoms with Crippen molar-refractivity contribution >= 4 is 28.7 Å². The summed E-state index contributed by atoms with van der Waals surface area (Å²) >= 11 is 1.56. The van der Waals surface area contributed by atoms with Crippen molar-refractivity contribution in [1.82, 2.24) is 4.98 Å². The topological polar surface area (TPSA) is 63.6 Å². The number of hydrogen-bond acceptors (Lipinski definition) is 6. The number of hydrazone groups is 1. The van der Waals surface area contributed by atoms with Crippen molar-refractivity contribution in [2.75, 3.05) is 5.43 Å².